The van der Waals surface area contributed by atoms with Gasteiger partial charge in [-0.25, -0.2) is 9.67 Å². The van der Waals surface area contributed by atoms with E-state index in [9.17, 15) is 9.90 Å². The standard InChI is InChI=1S/C19H26N4O4/c1-19(2,3)12-4-6-14(7-5-12)27-11-16-21-18(15-8-13(24)9-20-15)23(22-16)10-17(25)26/h4-7,13,15,20,24H,8-11H2,1-3H3,(H,25,26)/t13-,15+/m1/s1. The summed E-state index contributed by atoms with van der Waals surface area (Å²) in [6, 6.07) is 7.66. The second-order valence-corrected chi connectivity index (χ2v) is 7.85. The molecule has 27 heavy (non-hydrogen) atoms. The van der Waals surface area contributed by atoms with Crippen LogP contribution in [0.25, 0.3) is 0 Å². The first-order valence-electron chi connectivity index (χ1n) is 9.02. The number of β-amino-alcohol motifs (C(OH)–C–C–N with tert-alkyl or cyclic N) is 1. The Morgan fingerprint density at radius 1 is 1.33 bits per heavy atom. The summed E-state index contributed by atoms with van der Waals surface area (Å²) < 4.78 is 7.12. The van der Waals surface area contributed by atoms with Crippen LogP contribution in [-0.2, 0) is 23.4 Å². The monoisotopic (exact) mass is 374 g/mol. The molecule has 1 saturated heterocycles. The molecule has 2 atom stereocenters. The Bertz CT molecular complexity index is 795. The highest BCUT2D eigenvalue weighted by atomic mass is 16.5. The minimum absolute atomic E-state index is 0.0729. The van der Waals surface area contributed by atoms with Gasteiger partial charge in [0.25, 0.3) is 0 Å². The van der Waals surface area contributed by atoms with Crippen LogP contribution in [0.5, 0.6) is 5.75 Å². The van der Waals surface area contributed by atoms with Crippen LogP contribution < -0.4 is 10.1 Å². The lowest BCUT2D eigenvalue weighted by Crippen LogP contribution is -2.21. The molecule has 0 saturated carbocycles. The SMILES string of the molecule is CC(C)(C)c1ccc(OCc2nc([C@@H]3C[C@@H](O)CN3)n(CC(=O)O)n2)cc1. The maximum atomic E-state index is 11.1. The number of nitrogens with one attached hydrogen (secondary N) is 1. The number of nitrogens with zero attached hydrogens (tertiary/aromatic N) is 3. The van der Waals surface area contributed by atoms with E-state index in [-0.39, 0.29) is 24.6 Å². The Kier molecular flexibility index (Phi) is 5.48. The quantitative estimate of drug-likeness (QED) is 0.705. The van der Waals surface area contributed by atoms with Crippen LogP contribution in [0.4, 0.5) is 0 Å². The third-order valence-corrected chi connectivity index (χ3v) is 4.54. The van der Waals surface area contributed by atoms with Crippen molar-refractivity contribution in [2.45, 2.75) is 57.9 Å². The van der Waals surface area contributed by atoms with Crippen LogP contribution in [0.15, 0.2) is 24.3 Å². The fraction of sp³-hybridized carbons (Fsp3) is 0.526. The van der Waals surface area contributed by atoms with Crippen molar-refractivity contribution < 1.29 is 19.7 Å². The normalized spacial score (nSPS) is 20.0. The topological polar surface area (TPSA) is 110 Å². The van der Waals surface area contributed by atoms with Crippen molar-refractivity contribution >= 4 is 5.97 Å². The summed E-state index contributed by atoms with van der Waals surface area (Å²) in [7, 11) is 0. The fourth-order valence-corrected chi connectivity index (χ4v) is 3.08. The van der Waals surface area contributed by atoms with E-state index in [2.05, 4.69) is 36.2 Å². The number of hydrogen-bond acceptors (Lipinski definition) is 6. The summed E-state index contributed by atoms with van der Waals surface area (Å²) in [5, 5.41) is 26.2. The maximum Gasteiger partial charge on any atom is 0.325 e. The van der Waals surface area contributed by atoms with Crippen LogP contribution in [0.2, 0.25) is 0 Å². The van der Waals surface area contributed by atoms with Gasteiger partial charge in [-0.15, -0.1) is 0 Å². The molecule has 1 aromatic carbocycles. The van der Waals surface area contributed by atoms with Gasteiger partial charge in [0.2, 0.25) is 0 Å². The number of carboxylic acid groups (broad SMARTS) is 1. The molecule has 1 aliphatic rings. The molecule has 2 aromatic rings. The van der Waals surface area contributed by atoms with Gasteiger partial charge in [-0.3, -0.25) is 4.79 Å². The van der Waals surface area contributed by atoms with E-state index in [4.69, 9.17) is 9.84 Å². The second kappa shape index (κ2) is 7.66. The minimum atomic E-state index is -0.995. The number of rotatable bonds is 6. The number of ether oxygens (including phenoxy) is 1. The molecule has 0 spiro atoms. The number of carboxylic acids is 1. The number of aromatic nitrogens is 3. The van der Waals surface area contributed by atoms with Crippen molar-refractivity contribution in [3.8, 4) is 5.75 Å². The predicted molar refractivity (Wildman–Crippen MR) is 98.5 cm³/mol. The molecule has 1 fully saturated rings. The first kappa shape index (κ1) is 19.3. The number of benzene rings is 1. The van der Waals surface area contributed by atoms with E-state index < -0.39 is 12.1 Å². The molecule has 0 unspecified atom stereocenters. The van der Waals surface area contributed by atoms with Gasteiger partial charge in [0, 0.05) is 6.54 Å². The molecule has 3 rings (SSSR count). The smallest absolute Gasteiger partial charge is 0.325 e. The molecule has 1 aromatic heterocycles. The average Bonchev–Trinajstić information content (AvgIpc) is 3.18. The lowest BCUT2D eigenvalue weighted by atomic mass is 9.87. The third-order valence-electron chi connectivity index (χ3n) is 4.54. The second-order valence-electron chi connectivity index (χ2n) is 7.85. The molecule has 0 bridgehead atoms. The Morgan fingerprint density at radius 2 is 2.04 bits per heavy atom. The van der Waals surface area contributed by atoms with Crippen LogP contribution in [0.3, 0.4) is 0 Å². The van der Waals surface area contributed by atoms with Gasteiger partial charge >= 0.3 is 5.97 Å². The summed E-state index contributed by atoms with van der Waals surface area (Å²) >= 11 is 0. The number of hydrogen-bond donors (Lipinski definition) is 3. The molecule has 0 radical (unpaired) electrons. The molecule has 0 amide bonds. The zero-order valence-electron chi connectivity index (χ0n) is 15.8. The molecule has 146 valence electrons. The molecular weight excluding hydrogens is 348 g/mol. The molecule has 8 heteroatoms. The lowest BCUT2D eigenvalue weighted by molar-refractivity contribution is -0.138. The van der Waals surface area contributed by atoms with Gasteiger partial charge in [0.15, 0.2) is 5.82 Å². The number of aliphatic hydroxyl groups excluding tert-OH is 1. The Balaban J connectivity index is 1.71. The van der Waals surface area contributed by atoms with Crippen LogP contribution in [0, 0.1) is 0 Å². The van der Waals surface area contributed by atoms with Gasteiger partial charge in [0.1, 0.15) is 24.7 Å². The van der Waals surface area contributed by atoms with Crippen molar-refractivity contribution in [3.05, 3.63) is 41.5 Å². The Hall–Kier alpha value is -2.45. The third kappa shape index (κ3) is 4.84. The molecule has 3 N–H and O–H groups in total. The van der Waals surface area contributed by atoms with E-state index in [1.54, 1.807) is 0 Å². The molecule has 0 aliphatic carbocycles. The summed E-state index contributed by atoms with van der Waals surface area (Å²) in [6.07, 6.45) is 0.0124. The van der Waals surface area contributed by atoms with E-state index in [1.807, 2.05) is 24.3 Å². The first-order valence-corrected chi connectivity index (χ1v) is 9.02. The summed E-state index contributed by atoms with van der Waals surface area (Å²) in [6.45, 7) is 6.77. The van der Waals surface area contributed by atoms with Crippen LogP contribution >= 0.6 is 0 Å². The van der Waals surface area contributed by atoms with E-state index in [0.717, 1.165) is 0 Å². The predicted octanol–water partition coefficient (Wildman–Crippen LogP) is 1.63. The zero-order valence-corrected chi connectivity index (χ0v) is 15.8. The van der Waals surface area contributed by atoms with Gasteiger partial charge in [-0.05, 0) is 29.5 Å². The Labute approximate surface area is 158 Å². The van der Waals surface area contributed by atoms with E-state index in [1.165, 1.54) is 10.2 Å². The summed E-state index contributed by atoms with van der Waals surface area (Å²) in [5.74, 6) is 0.628. The Morgan fingerprint density at radius 3 is 2.59 bits per heavy atom. The van der Waals surface area contributed by atoms with Crippen LogP contribution in [0.1, 0.15) is 50.4 Å². The summed E-state index contributed by atoms with van der Waals surface area (Å²) in [5.41, 5.74) is 1.29. The molecular formula is C19H26N4O4. The maximum absolute atomic E-state index is 11.1. The highest BCUT2D eigenvalue weighted by molar-refractivity contribution is 5.66. The van der Waals surface area contributed by atoms with Gasteiger partial charge in [-0.1, -0.05) is 32.9 Å². The minimum Gasteiger partial charge on any atom is -0.486 e. The van der Waals surface area contributed by atoms with Crippen LogP contribution in [-0.4, -0.2) is 43.6 Å². The van der Waals surface area contributed by atoms with Gasteiger partial charge < -0.3 is 20.3 Å². The van der Waals surface area contributed by atoms with E-state index in [0.29, 0.717) is 30.4 Å². The van der Waals surface area contributed by atoms with Gasteiger partial charge in [0.05, 0.1) is 12.1 Å². The summed E-state index contributed by atoms with van der Waals surface area (Å²) in [4.78, 5) is 15.6. The number of aliphatic hydroxyl groups is 1. The van der Waals surface area contributed by atoms with E-state index >= 15 is 0 Å². The zero-order chi connectivity index (χ0) is 19.6. The fourth-order valence-electron chi connectivity index (χ4n) is 3.08. The lowest BCUT2D eigenvalue weighted by Gasteiger charge is -2.19. The van der Waals surface area contributed by atoms with Crippen molar-refractivity contribution in [3.63, 3.8) is 0 Å². The van der Waals surface area contributed by atoms with Crippen molar-refractivity contribution in [2.75, 3.05) is 6.54 Å². The number of carbonyl (C=O) groups is 1. The first-order chi connectivity index (χ1) is 12.7. The molecule has 8 nitrogen and oxygen atoms in total. The molecule has 1 aliphatic heterocycles. The average molecular weight is 374 g/mol. The van der Waals surface area contributed by atoms with Crippen molar-refractivity contribution in [1.29, 1.82) is 0 Å². The highest BCUT2D eigenvalue weighted by Crippen LogP contribution is 2.25. The van der Waals surface area contributed by atoms with Crippen molar-refractivity contribution in [2.24, 2.45) is 0 Å². The van der Waals surface area contributed by atoms with Gasteiger partial charge in [-0.2, -0.15) is 5.10 Å². The van der Waals surface area contributed by atoms with Crippen molar-refractivity contribution in [1.82, 2.24) is 20.1 Å². The number of aliphatic carboxylic acids is 1. The largest absolute Gasteiger partial charge is 0.486 e. The molecule has 2 heterocycles. The highest BCUT2D eigenvalue weighted by Gasteiger charge is 2.29.